The highest BCUT2D eigenvalue weighted by atomic mass is 32.1. The van der Waals surface area contributed by atoms with Crippen LogP contribution in [0.2, 0.25) is 0 Å². The Hall–Kier alpha value is -1.70. The molecule has 0 aromatic carbocycles. The first-order chi connectivity index (χ1) is 16.5. The summed E-state index contributed by atoms with van der Waals surface area (Å²) < 4.78 is 11.7. The standard InChI is InChI=1S/C28H41NO5S/c1-17-6-11-22(18(2)14-17)26(30)29(23-15-24(28(3,4)5)35-25(23)27(31)32)19-7-9-20(10-8-19)34-21-12-13-33-16-21/h6,15,18-22H,7-14,16H2,1-5H3,(H,31,32)/t18-,19?,20?,21+,22-/m0/s1. The minimum Gasteiger partial charge on any atom is -0.477 e. The van der Waals surface area contributed by atoms with Crippen molar-refractivity contribution in [1.82, 2.24) is 0 Å². The van der Waals surface area contributed by atoms with E-state index in [0.29, 0.717) is 12.3 Å². The summed E-state index contributed by atoms with van der Waals surface area (Å²) in [5.41, 5.74) is 1.73. The number of carbonyl (C=O) groups is 2. The maximum atomic E-state index is 14.2. The number of nitrogens with zero attached hydrogens (tertiary/aromatic N) is 1. The molecule has 4 rings (SSSR count). The second-order valence-corrected chi connectivity index (χ2v) is 12.8. The van der Waals surface area contributed by atoms with Gasteiger partial charge in [0.05, 0.1) is 24.5 Å². The lowest BCUT2D eigenvalue weighted by Gasteiger charge is -2.40. The van der Waals surface area contributed by atoms with E-state index in [2.05, 4.69) is 40.7 Å². The van der Waals surface area contributed by atoms with Crippen LogP contribution in [0.3, 0.4) is 0 Å². The van der Waals surface area contributed by atoms with Crippen molar-refractivity contribution >= 4 is 28.9 Å². The Balaban J connectivity index is 1.63. The van der Waals surface area contributed by atoms with E-state index in [9.17, 15) is 14.7 Å². The van der Waals surface area contributed by atoms with Gasteiger partial charge in [-0.25, -0.2) is 4.79 Å². The smallest absolute Gasteiger partial charge is 0.348 e. The Morgan fingerprint density at radius 3 is 2.43 bits per heavy atom. The first-order valence-corrected chi connectivity index (χ1v) is 14.0. The maximum Gasteiger partial charge on any atom is 0.348 e. The number of hydrogen-bond donors (Lipinski definition) is 1. The molecule has 7 heteroatoms. The van der Waals surface area contributed by atoms with Gasteiger partial charge in [0.15, 0.2) is 0 Å². The Bertz CT molecular complexity index is 947. The number of rotatable bonds is 6. The van der Waals surface area contributed by atoms with Crippen LogP contribution in [0.1, 0.15) is 94.1 Å². The lowest BCUT2D eigenvalue weighted by atomic mass is 9.79. The molecule has 3 aliphatic rings. The molecule has 1 saturated heterocycles. The fraction of sp³-hybridized carbons (Fsp3) is 0.714. The summed E-state index contributed by atoms with van der Waals surface area (Å²) in [6.07, 6.45) is 8.52. The zero-order valence-electron chi connectivity index (χ0n) is 21.8. The van der Waals surface area contributed by atoms with E-state index < -0.39 is 5.97 Å². The number of hydrogen-bond acceptors (Lipinski definition) is 5. The number of carboxylic acid groups (broad SMARTS) is 1. The molecule has 194 valence electrons. The summed E-state index contributed by atoms with van der Waals surface area (Å²) in [6, 6.07) is 1.96. The highest BCUT2D eigenvalue weighted by Crippen LogP contribution is 2.42. The highest BCUT2D eigenvalue weighted by Gasteiger charge is 2.39. The fourth-order valence-electron chi connectivity index (χ4n) is 5.73. The van der Waals surface area contributed by atoms with Crippen molar-refractivity contribution in [2.75, 3.05) is 18.1 Å². The summed E-state index contributed by atoms with van der Waals surface area (Å²) in [5, 5.41) is 10.1. The Morgan fingerprint density at radius 1 is 1.14 bits per heavy atom. The average Bonchev–Trinajstić information content (AvgIpc) is 3.45. The third kappa shape index (κ3) is 6.00. The Morgan fingerprint density at radius 2 is 1.86 bits per heavy atom. The molecule has 1 N–H and O–H groups in total. The van der Waals surface area contributed by atoms with Crippen LogP contribution >= 0.6 is 11.3 Å². The van der Waals surface area contributed by atoms with Gasteiger partial charge in [0, 0.05) is 23.4 Å². The number of thiophene rings is 1. The van der Waals surface area contributed by atoms with Gasteiger partial charge in [0.1, 0.15) is 4.88 Å². The van der Waals surface area contributed by atoms with Gasteiger partial charge in [-0.2, -0.15) is 0 Å². The van der Waals surface area contributed by atoms with Crippen LogP contribution in [-0.4, -0.2) is 48.4 Å². The Labute approximate surface area is 213 Å². The molecular weight excluding hydrogens is 462 g/mol. The third-order valence-corrected chi connectivity index (χ3v) is 9.33. The maximum absolute atomic E-state index is 14.2. The van der Waals surface area contributed by atoms with Gasteiger partial charge in [-0.15, -0.1) is 11.3 Å². The normalized spacial score (nSPS) is 29.6. The number of ether oxygens (including phenoxy) is 2. The minimum absolute atomic E-state index is 0.0121. The molecular formula is C28H41NO5S. The van der Waals surface area contributed by atoms with Gasteiger partial charge >= 0.3 is 5.97 Å². The van der Waals surface area contributed by atoms with Gasteiger partial charge in [-0.3, -0.25) is 4.79 Å². The molecule has 2 heterocycles. The second kappa shape index (κ2) is 10.7. The molecule has 1 aliphatic heterocycles. The zero-order chi connectivity index (χ0) is 25.3. The summed E-state index contributed by atoms with van der Waals surface area (Å²) in [7, 11) is 0. The van der Waals surface area contributed by atoms with E-state index in [4.69, 9.17) is 9.47 Å². The molecule has 35 heavy (non-hydrogen) atoms. The molecule has 1 aromatic rings. The molecule has 0 radical (unpaired) electrons. The lowest BCUT2D eigenvalue weighted by molar-refractivity contribution is -0.124. The molecule has 3 atom stereocenters. The third-order valence-electron chi connectivity index (χ3n) is 7.79. The minimum atomic E-state index is -0.955. The summed E-state index contributed by atoms with van der Waals surface area (Å²) in [6.45, 7) is 12.0. The topological polar surface area (TPSA) is 76.1 Å². The molecule has 1 aromatic heterocycles. The van der Waals surface area contributed by atoms with Gasteiger partial charge in [0.2, 0.25) is 5.91 Å². The quantitative estimate of drug-likeness (QED) is 0.469. The van der Waals surface area contributed by atoms with Crippen LogP contribution < -0.4 is 4.90 Å². The first-order valence-electron chi connectivity index (χ1n) is 13.1. The van der Waals surface area contributed by atoms with Crippen LogP contribution in [0.4, 0.5) is 5.69 Å². The predicted molar refractivity (Wildman–Crippen MR) is 139 cm³/mol. The van der Waals surface area contributed by atoms with E-state index in [1.54, 1.807) is 0 Å². The van der Waals surface area contributed by atoms with Crippen molar-refractivity contribution in [3.8, 4) is 0 Å². The number of aromatic carboxylic acids is 1. The predicted octanol–water partition coefficient (Wildman–Crippen LogP) is 6.19. The van der Waals surface area contributed by atoms with Crippen molar-refractivity contribution in [3.63, 3.8) is 0 Å². The van der Waals surface area contributed by atoms with Crippen LogP contribution in [-0.2, 0) is 19.7 Å². The van der Waals surface area contributed by atoms with Gasteiger partial charge < -0.3 is 19.5 Å². The van der Waals surface area contributed by atoms with Crippen molar-refractivity contribution < 1.29 is 24.2 Å². The van der Waals surface area contributed by atoms with Crippen LogP contribution in [0.5, 0.6) is 0 Å². The number of amides is 1. The van der Waals surface area contributed by atoms with Gasteiger partial charge in [-0.1, -0.05) is 39.3 Å². The van der Waals surface area contributed by atoms with Gasteiger partial charge in [0.25, 0.3) is 0 Å². The van der Waals surface area contributed by atoms with E-state index in [-0.39, 0.29) is 46.3 Å². The molecule has 2 aliphatic carbocycles. The van der Waals surface area contributed by atoms with Crippen LogP contribution in [0, 0.1) is 11.8 Å². The van der Waals surface area contributed by atoms with E-state index in [1.807, 2.05) is 11.0 Å². The molecule has 2 fully saturated rings. The number of allylic oxidation sites excluding steroid dienone is 2. The molecule has 0 spiro atoms. The largest absolute Gasteiger partial charge is 0.477 e. The molecule has 0 unspecified atom stereocenters. The molecule has 0 bridgehead atoms. The summed E-state index contributed by atoms with van der Waals surface area (Å²) in [5.74, 6) is -0.756. The van der Waals surface area contributed by atoms with E-state index in [1.165, 1.54) is 16.9 Å². The second-order valence-electron chi connectivity index (χ2n) is 11.7. The summed E-state index contributed by atoms with van der Waals surface area (Å²) in [4.78, 5) is 29.7. The van der Waals surface area contributed by atoms with Crippen LogP contribution in [0.15, 0.2) is 17.7 Å². The zero-order valence-corrected chi connectivity index (χ0v) is 22.7. The Kier molecular flexibility index (Phi) is 8.08. The van der Waals surface area contributed by atoms with Crippen LogP contribution in [0.25, 0.3) is 0 Å². The van der Waals surface area contributed by atoms with Crippen molar-refractivity contribution in [1.29, 1.82) is 0 Å². The highest BCUT2D eigenvalue weighted by molar-refractivity contribution is 7.14. The first kappa shape index (κ1) is 26.4. The van der Waals surface area contributed by atoms with E-state index in [0.717, 1.165) is 56.4 Å². The molecule has 6 nitrogen and oxygen atoms in total. The van der Waals surface area contributed by atoms with Gasteiger partial charge in [-0.05, 0) is 69.3 Å². The van der Waals surface area contributed by atoms with Crippen molar-refractivity contribution in [2.45, 2.75) is 103 Å². The van der Waals surface area contributed by atoms with Crippen molar-refractivity contribution in [2.24, 2.45) is 11.8 Å². The number of carboxylic acids is 1. The SMILES string of the molecule is CC1=CC[C@H](C(=O)N(c2cc(C(C)(C)C)sc2C(=O)O)C2CCC(O[C@@H]3CCOC3)CC2)[C@@H](C)C1. The summed E-state index contributed by atoms with van der Waals surface area (Å²) >= 11 is 1.31. The monoisotopic (exact) mass is 503 g/mol. The number of carbonyl (C=O) groups excluding carboxylic acids is 1. The average molecular weight is 504 g/mol. The lowest BCUT2D eigenvalue weighted by Crippen LogP contribution is -2.48. The molecule has 1 amide bonds. The fourth-order valence-corrected chi connectivity index (χ4v) is 6.77. The molecule has 1 saturated carbocycles. The number of anilines is 1. The van der Waals surface area contributed by atoms with E-state index >= 15 is 0 Å². The van der Waals surface area contributed by atoms with Crippen molar-refractivity contribution in [3.05, 3.63) is 27.5 Å².